The highest BCUT2D eigenvalue weighted by Crippen LogP contribution is 2.23. The zero-order valence-electron chi connectivity index (χ0n) is 11.7. The molecular weight excluding hydrogens is 290 g/mol. The van der Waals surface area contributed by atoms with E-state index in [1.54, 1.807) is 13.3 Å². The van der Waals surface area contributed by atoms with E-state index in [0.29, 0.717) is 5.88 Å². The monoisotopic (exact) mass is 305 g/mol. The Bertz CT molecular complexity index is 722. The Labute approximate surface area is 127 Å². The number of fused-ring (bicyclic) bond motifs is 1. The third-order valence-electron chi connectivity index (χ3n) is 3.39. The Hall–Kier alpha value is -2.08. The normalized spacial score (nSPS) is 11.1. The standard InChI is InChI=1S/C14H16ClN5O/c1-21-11-3-4-13-12(9-11)17-14(10-15)20(13)7-2-6-19-8-5-16-18-19/h3-5,8-9H,2,6-7,10H2,1H3. The number of ether oxygens (including phenoxy) is 1. The van der Waals surface area contributed by atoms with Crippen LogP contribution in [0.5, 0.6) is 5.75 Å². The molecule has 2 heterocycles. The zero-order chi connectivity index (χ0) is 14.7. The van der Waals surface area contributed by atoms with E-state index < -0.39 is 0 Å². The second-order valence-electron chi connectivity index (χ2n) is 4.69. The SMILES string of the molecule is COc1ccc2c(c1)nc(CCl)n2CCCn1ccnn1. The average Bonchev–Trinajstić information content (AvgIpc) is 3.14. The van der Waals surface area contributed by atoms with Crippen LogP contribution < -0.4 is 4.74 Å². The Morgan fingerprint density at radius 3 is 2.90 bits per heavy atom. The van der Waals surface area contributed by atoms with Crippen molar-refractivity contribution >= 4 is 22.6 Å². The maximum absolute atomic E-state index is 6.01. The fourth-order valence-corrected chi connectivity index (χ4v) is 2.58. The number of aryl methyl sites for hydroxylation is 2. The number of alkyl halides is 1. The van der Waals surface area contributed by atoms with Crippen molar-refractivity contribution in [3.05, 3.63) is 36.4 Å². The van der Waals surface area contributed by atoms with Crippen molar-refractivity contribution in [2.45, 2.75) is 25.4 Å². The van der Waals surface area contributed by atoms with Crippen LogP contribution in [0.15, 0.2) is 30.6 Å². The van der Waals surface area contributed by atoms with Gasteiger partial charge in [-0.25, -0.2) is 4.98 Å². The Morgan fingerprint density at radius 2 is 2.19 bits per heavy atom. The molecule has 0 aliphatic rings. The highest BCUT2D eigenvalue weighted by atomic mass is 35.5. The first-order valence-corrected chi connectivity index (χ1v) is 7.28. The molecule has 21 heavy (non-hydrogen) atoms. The lowest BCUT2D eigenvalue weighted by atomic mass is 10.3. The van der Waals surface area contributed by atoms with E-state index in [9.17, 15) is 0 Å². The van der Waals surface area contributed by atoms with Crippen molar-refractivity contribution in [1.29, 1.82) is 0 Å². The molecule has 0 aliphatic heterocycles. The molecule has 3 rings (SSSR count). The van der Waals surface area contributed by atoms with Crippen LogP contribution in [0.1, 0.15) is 12.2 Å². The Kier molecular flexibility index (Phi) is 4.06. The molecule has 2 aromatic heterocycles. The first-order chi connectivity index (χ1) is 10.3. The minimum atomic E-state index is 0.389. The van der Waals surface area contributed by atoms with E-state index in [1.807, 2.05) is 29.1 Å². The third-order valence-corrected chi connectivity index (χ3v) is 3.63. The molecule has 0 unspecified atom stereocenters. The van der Waals surface area contributed by atoms with Crippen LogP contribution in [0.2, 0.25) is 0 Å². The van der Waals surface area contributed by atoms with Gasteiger partial charge in [0.2, 0.25) is 0 Å². The second-order valence-corrected chi connectivity index (χ2v) is 4.95. The summed E-state index contributed by atoms with van der Waals surface area (Å²) in [5.74, 6) is 2.06. The summed E-state index contributed by atoms with van der Waals surface area (Å²) in [5, 5.41) is 7.76. The lowest BCUT2D eigenvalue weighted by molar-refractivity contribution is 0.415. The highest BCUT2D eigenvalue weighted by Gasteiger charge is 2.10. The maximum atomic E-state index is 6.01. The van der Waals surface area contributed by atoms with Gasteiger partial charge in [-0.15, -0.1) is 16.7 Å². The van der Waals surface area contributed by atoms with E-state index in [0.717, 1.165) is 42.1 Å². The Morgan fingerprint density at radius 1 is 1.29 bits per heavy atom. The van der Waals surface area contributed by atoms with Crippen molar-refractivity contribution in [2.75, 3.05) is 7.11 Å². The number of rotatable bonds is 6. The first-order valence-electron chi connectivity index (χ1n) is 6.75. The number of hydrogen-bond donors (Lipinski definition) is 0. The third kappa shape index (κ3) is 2.85. The molecule has 0 saturated carbocycles. The summed E-state index contributed by atoms with van der Waals surface area (Å²) in [7, 11) is 1.65. The maximum Gasteiger partial charge on any atom is 0.124 e. The van der Waals surface area contributed by atoms with E-state index in [4.69, 9.17) is 16.3 Å². The molecule has 6 nitrogen and oxygen atoms in total. The van der Waals surface area contributed by atoms with Crippen LogP contribution in [0.25, 0.3) is 11.0 Å². The molecule has 0 spiro atoms. The van der Waals surface area contributed by atoms with E-state index in [-0.39, 0.29) is 0 Å². The van der Waals surface area contributed by atoms with E-state index in [2.05, 4.69) is 19.9 Å². The van der Waals surface area contributed by atoms with Gasteiger partial charge in [0, 0.05) is 25.4 Å². The lowest BCUT2D eigenvalue weighted by Gasteiger charge is -2.08. The van der Waals surface area contributed by atoms with Gasteiger partial charge in [-0.3, -0.25) is 4.68 Å². The number of imidazole rings is 1. The summed E-state index contributed by atoms with van der Waals surface area (Å²) in [4.78, 5) is 4.57. The molecule has 110 valence electrons. The van der Waals surface area contributed by atoms with Crippen LogP contribution in [-0.4, -0.2) is 31.7 Å². The Balaban J connectivity index is 1.82. The van der Waals surface area contributed by atoms with Gasteiger partial charge in [0.25, 0.3) is 0 Å². The molecule has 7 heteroatoms. The van der Waals surface area contributed by atoms with Crippen molar-refractivity contribution in [2.24, 2.45) is 0 Å². The lowest BCUT2D eigenvalue weighted by Crippen LogP contribution is -2.07. The summed E-state index contributed by atoms with van der Waals surface area (Å²) >= 11 is 6.01. The molecule has 0 saturated heterocycles. The van der Waals surface area contributed by atoms with Gasteiger partial charge < -0.3 is 9.30 Å². The van der Waals surface area contributed by atoms with Crippen LogP contribution in [0.4, 0.5) is 0 Å². The predicted octanol–water partition coefficient (Wildman–Crippen LogP) is 2.47. The van der Waals surface area contributed by atoms with Crippen LogP contribution in [-0.2, 0) is 19.0 Å². The van der Waals surface area contributed by atoms with Crippen molar-refractivity contribution in [3.63, 3.8) is 0 Å². The molecule has 0 amide bonds. The highest BCUT2D eigenvalue weighted by molar-refractivity contribution is 6.16. The molecule has 1 aromatic carbocycles. The van der Waals surface area contributed by atoms with Gasteiger partial charge in [-0.1, -0.05) is 5.21 Å². The second kappa shape index (κ2) is 6.13. The fraction of sp³-hybridized carbons (Fsp3) is 0.357. The fourth-order valence-electron chi connectivity index (χ4n) is 2.38. The molecular formula is C14H16ClN5O. The van der Waals surface area contributed by atoms with Gasteiger partial charge in [0.05, 0.1) is 30.2 Å². The van der Waals surface area contributed by atoms with Gasteiger partial charge in [-0.05, 0) is 18.6 Å². The minimum absolute atomic E-state index is 0.389. The number of methoxy groups -OCH3 is 1. The van der Waals surface area contributed by atoms with E-state index >= 15 is 0 Å². The van der Waals surface area contributed by atoms with Gasteiger partial charge in [0.1, 0.15) is 11.6 Å². The summed E-state index contributed by atoms with van der Waals surface area (Å²) < 4.78 is 9.21. The quantitative estimate of drug-likeness (QED) is 0.656. The summed E-state index contributed by atoms with van der Waals surface area (Å²) in [6.07, 6.45) is 4.48. The smallest absolute Gasteiger partial charge is 0.124 e. The van der Waals surface area contributed by atoms with Gasteiger partial charge >= 0.3 is 0 Å². The van der Waals surface area contributed by atoms with Crippen molar-refractivity contribution < 1.29 is 4.74 Å². The number of halogens is 1. The summed E-state index contributed by atoms with van der Waals surface area (Å²) in [6.45, 7) is 1.66. The topological polar surface area (TPSA) is 57.8 Å². The number of aromatic nitrogens is 5. The molecule has 0 fully saturated rings. The molecule has 0 N–H and O–H groups in total. The molecule has 0 atom stereocenters. The minimum Gasteiger partial charge on any atom is -0.497 e. The van der Waals surface area contributed by atoms with Gasteiger partial charge in [-0.2, -0.15) is 0 Å². The van der Waals surface area contributed by atoms with Crippen LogP contribution >= 0.6 is 11.6 Å². The largest absolute Gasteiger partial charge is 0.497 e. The summed E-state index contributed by atoms with van der Waals surface area (Å²) in [5.41, 5.74) is 1.98. The van der Waals surface area contributed by atoms with Crippen molar-refractivity contribution in [3.8, 4) is 5.75 Å². The molecule has 0 radical (unpaired) electrons. The molecule has 3 aromatic rings. The molecule has 0 aliphatic carbocycles. The van der Waals surface area contributed by atoms with Crippen LogP contribution in [0.3, 0.4) is 0 Å². The van der Waals surface area contributed by atoms with Crippen LogP contribution in [0, 0.1) is 0 Å². The number of nitrogens with zero attached hydrogens (tertiary/aromatic N) is 5. The van der Waals surface area contributed by atoms with Gasteiger partial charge in [0.15, 0.2) is 0 Å². The molecule has 0 bridgehead atoms. The van der Waals surface area contributed by atoms with Crippen molar-refractivity contribution in [1.82, 2.24) is 24.5 Å². The van der Waals surface area contributed by atoms with E-state index in [1.165, 1.54) is 0 Å². The summed E-state index contributed by atoms with van der Waals surface area (Å²) in [6, 6.07) is 5.89. The number of hydrogen-bond acceptors (Lipinski definition) is 4. The predicted molar refractivity (Wildman–Crippen MR) is 80.5 cm³/mol. The zero-order valence-corrected chi connectivity index (χ0v) is 12.5. The average molecular weight is 306 g/mol. The first kappa shape index (κ1) is 13.9. The number of benzene rings is 1.